The van der Waals surface area contributed by atoms with Gasteiger partial charge in [-0.1, -0.05) is 0 Å². The van der Waals surface area contributed by atoms with Crippen molar-refractivity contribution in [3.8, 4) is 11.8 Å². The summed E-state index contributed by atoms with van der Waals surface area (Å²) in [6.07, 6.45) is 2.82. The van der Waals surface area contributed by atoms with Gasteiger partial charge in [-0.15, -0.1) is 0 Å². The lowest BCUT2D eigenvalue weighted by molar-refractivity contribution is 0.367. The van der Waals surface area contributed by atoms with Gasteiger partial charge >= 0.3 is 0 Å². The fourth-order valence-electron chi connectivity index (χ4n) is 2.31. The molecule has 16 heavy (non-hydrogen) atoms. The molecule has 0 radical (unpaired) electrons. The Morgan fingerprint density at radius 1 is 1.25 bits per heavy atom. The average molecular weight is 214 g/mol. The molecular formula is C13H14N2O. The summed E-state index contributed by atoms with van der Waals surface area (Å²) < 4.78 is 5.22. The van der Waals surface area contributed by atoms with Gasteiger partial charge in [0.25, 0.3) is 0 Å². The zero-order valence-electron chi connectivity index (χ0n) is 9.15. The molecular weight excluding hydrogens is 200 g/mol. The van der Waals surface area contributed by atoms with Gasteiger partial charge in [0.2, 0.25) is 0 Å². The van der Waals surface area contributed by atoms with Crippen molar-refractivity contribution in [3.05, 3.63) is 24.3 Å². The molecule has 2 aliphatic rings. The van der Waals surface area contributed by atoms with E-state index in [-0.39, 0.29) is 6.61 Å². The molecule has 1 aliphatic carbocycles. The van der Waals surface area contributed by atoms with Crippen molar-refractivity contribution < 1.29 is 4.74 Å². The van der Waals surface area contributed by atoms with Crippen molar-refractivity contribution in [2.45, 2.75) is 12.8 Å². The monoisotopic (exact) mass is 214 g/mol. The first-order chi connectivity index (χ1) is 7.81. The molecule has 3 nitrogen and oxygen atoms in total. The summed E-state index contributed by atoms with van der Waals surface area (Å²) in [6.45, 7) is 2.54. The predicted molar refractivity (Wildman–Crippen MR) is 61.4 cm³/mol. The Morgan fingerprint density at radius 3 is 2.50 bits per heavy atom. The average Bonchev–Trinajstić information content (AvgIpc) is 3.05. The molecule has 0 atom stereocenters. The minimum Gasteiger partial charge on any atom is -0.479 e. The third-order valence-corrected chi connectivity index (χ3v) is 3.51. The number of nitriles is 1. The summed E-state index contributed by atoms with van der Waals surface area (Å²) in [5.41, 5.74) is 1.96. The third-order valence-electron chi connectivity index (χ3n) is 3.51. The van der Waals surface area contributed by atoms with Crippen LogP contribution in [0.25, 0.3) is 0 Å². The van der Waals surface area contributed by atoms with E-state index in [0.29, 0.717) is 5.41 Å². The van der Waals surface area contributed by atoms with Crippen LogP contribution in [0.4, 0.5) is 5.69 Å². The van der Waals surface area contributed by atoms with Gasteiger partial charge in [-0.2, -0.15) is 5.26 Å². The molecule has 0 bridgehead atoms. The van der Waals surface area contributed by atoms with E-state index >= 15 is 0 Å². The lowest BCUT2D eigenvalue weighted by Gasteiger charge is -2.41. The van der Waals surface area contributed by atoms with Crippen molar-refractivity contribution in [1.82, 2.24) is 0 Å². The van der Waals surface area contributed by atoms with Crippen molar-refractivity contribution in [3.63, 3.8) is 0 Å². The van der Waals surface area contributed by atoms with Crippen LogP contribution in [0, 0.1) is 16.7 Å². The first-order valence-electron chi connectivity index (χ1n) is 5.66. The van der Waals surface area contributed by atoms with Crippen molar-refractivity contribution in [2.24, 2.45) is 5.41 Å². The Labute approximate surface area is 95.2 Å². The van der Waals surface area contributed by atoms with Gasteiger partial charge in [0.1, 0.15) is 11.8 Å². The van der Waals surface area contributed by atoms with E-state index in [1.54, 1.807) is 0 Å². The Bertz CT molecular complexity index is 420. The SMILES string of the molecule is N#CCOc1ccc(N2CC3(CC3)C2)cc1. The number of rotatable bonds is 3. The maximum absolute atomic E-state index is 8.40. The summed E-state index contributed by atoms with van der Waals surface area (Å²) in [6, 6.07) is 9.98. The van der Waals surface area contributed by atoms with Crippen LogP contribution in [0.2, 0.25) is 0 Å². The lowest BCUT2D eigenvalue weighted by Crippen LogP contribution is -2.48. The van der Waals surface area contributed by atoms with E-state index in [2.05, 4.69) is 17.0 Å². The zero-order valence-corrected chi connectivity index (χ0v) is 9.15. The Morgan fingerprint density at radius 2 is 1.94 bits per heavy atom. The molecule has 2 fully saturated rings. The van der Waals surface area contributed by atoms with E-state index in [4.69, 9.17) is 10.00 Å². The van der Waals surface area contributed by atoms with E-state index in [1.165, 1.54) is 31.6 Å². The topological polar surface area (TPSA) is 36.3 Å². The quantitative estimate of drug-likeness (QED) is 0.773. The van der Waals surface area contributed by atoms with Crippen LogP contribution in [0.5, 0.6) is 5.75 Å². The van der Waals surface area contributed by atoms with Crippen molar-refractivity contribution in [1.29, 1.82) is 5.26 Å². The summed E-state index contributed by atoms with van der Waals surface area (Å²) in [5.74, 6) is 0.770. The molecule has 1 spiro atoms. The molecule has 0 N–H and O–H groups in total. The maximum Gasteiger partial charge on any atom is 0.174 e. The van der Waals surface area contributed by atoms with Gasteiger partial charge in [-0.05, 0) is 37.1 Å². The summed E-state index contributed by atoms with van der Waals surface area (Å²) in [7, 11) is 0. The Balaban J connectivity index is 1.62. The van der Waals surface area contributed by atoms with Gasteiger partial charge in [-0.25, -0.2) is 0 Å². The smallest absolute Gasteiger partial charge is 0.174 e. The largest absolute Gasteiger partial charge is 0.479 e. The number of nitrogens with zero attached hydrogens (tertiary/aromatic N) is 2. The normalized spacial score (nSPS) is 20.1. The molecule has 0 aromatic heterocycles. The number of hydrogen-bond acceptors (Lipinski definition) is 3. The van der Waals surface area contributed by atoms with Crippen LogP contribution in [-0.4, -0.2) is 19.7 Å². The highest BCUT2D eigenvalue weighted by Crippen LogP contribution is 2.53. The van der Waals surface area contributed by atoms with Crippen LogP contribution in [0.3, 0.4) is 0 Å². The first-order valence-corrected chi connectivity index (χ1v) is 5.66. The number of anilines is 1. The second-order valence-corrected chi connectivity index (χ2v) is 4.80. The van der Waals surface area contributed by atoms with Crippen LogP contribution in [0.1, 0.15) is 12.8 Å². The minimum absolute atomic E-state index is 0.117. The van der Waals surface area contributed by atoms with Gasteiger partial charge < -0.3 is 9.64 Å². The van der Waals surface area contributed by atoms with E-state index in [1.807, 2.05) is 18.2 Å². The second-order valence-electron chi connectivity index (χ2n) is 4.80. The Kier molecular flexibility index (Phi) is 2.03. The van der Waals surface area contributed by atoms with E-state index < -0.39 is 0 Å². The lowest BCUT2D eigenvalue weighted by atomic mass is 9.96. The van der Waals surface area contributed by atoms with E-state index in [0.717, 1.165) is 5.75 Å². The van der Waals surface area contributed by atoms with Crippen molar-refractivity contribution in [2.75, 3.05) is 24.6 Å². The highest BCUT2D eigenvalue weighted by atomic mass is 16.5. The molecule has 1 aromatic rings. The van der Waals surface area contributed by atoms with Crippen LogP contribution in [0.15, 0.2) is 24.3 Å². The molecule has 0 amide bonds. The molecule has 3 heteroatoms. The molecule has 1 saturated heterocycles. The van der Waals surface area contributed by atoms with Crippen LogP contribution < -0.4 is 9.64 Å². The zero-order chi connectivity index (χ0) is 11.0. The van der Waals surface area contributed by atoms with Gasteiger partial charge in [0.05, 0.1) is 0 Å². The molecule has 1 saturated carbocycles. The maximum atomic E-state index is 8.40. The van der Waals surface area contributed by atoms with Crippen molar-refractivity contribution >= 4 is 5.69 Å². The molecule has 1 aromatic carbocycles. The Hall–Kier alpha value is -1.69. The number of ether oxygens (including phenoxy) is 1. The fraction of sp³-hybridized carbons (Fsp3) is 0.462. The molecule has 0 unspecified atom stereocenters. The molecule has 1 aliphatic heterocycles. The van der Waals surface area contributed by atoms with Crippen LogP contribution in [-0.2, 0) is 0 Å². The fourth-order valence-corrected chi connectivity index (χ4v) is 2.31. The number of hydrogen-bond donors (Lipinski definition) is 0. The van der Waals surface area contributed by atoms with Gasteiger partial charge in [-0.3, -0.25) is 0 Å². The molecule has 1 heterocycles. The third kappa shape index (κ3) is 1.61. The van der Waals surface area contributed by atoms with Gasteiger partial charge in [0.15, 0.2) is 6.61 Å². The predicted octanol–water partition coefficient (Wildman–Crippen LogP) is 2.19. The summed E-state index contributed by atoms with van der Waals surface area (Å²) in [4.78, 5) is 2.40. The highest BCUT2D eigenvalue weighted by molar-refractivity contribution is 5.52. The standard InChI is InChI=1S/C13H14N2O/c14-7-8-16-12-3-1-11(2-4-12)15-9-13(10-15)5-6-13/h1-4H,5-6,8-10H2. The van der Waals surface area contributed by atoms with E-state index in [9.17, 15) is 0 Å². The number of benzene rings is 1. The highest BCUT2D eigenvalue weighted by Gasteiger charge is 2.52. The minimum atomic E-state index is 0.117. The second kappa shape index (κ2) is 3.41. The van der Waals surface area contributed by atoms with Crippen LogP contribution >= 0.6 is 0 Å². The molecule has 3 rings (SSSR count). The summed E-state index contributed by atoms with van der Waals surface area (Å²) in [5, 5.41) is 8.40. The first kappa shape index (κ1) is 9.53. The summed E-state index contributed by atoms with van der Waals surface area (Å²) >= 11 is 0. The van der Waals surface area contributed by atoms with Gasteiger partial charge in [0, 0.05) is 24.2 Å². The molecule has 82 valence electrons.